The lowest BCUT2D eigenvalue weighted by atomic mass is 10.2. The number of thiocarbonyl (C=S) groups is 1. The summed E-state index contributed by atoms with van der Waals surface area (Å²) in [6.07, 6.45) is 0. The second kappa shape index (κ2) is 6.59. The van der Waals surface area contributed by atoms with Crippen molar-refractivity contribution >= 4 is 28.8 Å². The zero-order valence-corrected chi connectivity index (χ0v) is 12.5. The Morgan fingerprint density at radius 3 is 2.35 bits per heavy atom. The lowest BCUT2D eigenvalue weighted by Crippen LogP contribution is -2.08. The molecule has 0 unspecified atom stereocenters. The van der Waals surface area contributed by atoms with E-state index >= 15 is 0 Å². The number of hydrogen-bond acceptors (Lipinski definition) is 3. The van der Waals surface area contributed by atoms with Crippen molar-refractivity contribution < 1.29 is 9.47 Å². The molecule has 0 aromatic heterocycles. The molecule has 0 fully saturated rings. The smallest absolute Gasteiger partial charge is 0.146 e. The lowest BCUT2D eigenvalue weighted by molar-refractivity contribution is 0.339. The van der Waals surface area contributed by atoms with Crippen LogP contribution in [0.15, 0.2) is 42.5 Å². The van der Waals surface area contributed by atoms with E-state index in [9.17, 15) is 0 Å². The molecule has 0 saturated carbocycles. The van der Waals surface area contributed by atoms with E-state index in [-0.39, 0.29) is 0 Å². The topological polar surface area (TPSA) is 44.5 Å². The number of nitrogens with two attached hydrogens (primary N) is 1. The third-order valence-corrected chi connectivity index (χ3v) is 3.11. The van der Waals surface area contributed by atoms with Gasteiger partial charge in [-0.15, -0.1) is 0 Å². The van der Waals surface area contributed by atoms with Crippen LogP contribution in [-0.4, -0.2) is 11.6 Å². The third kappa shape index (κ3) is 3.62. The van der Waals surface area contributed by atoms with Crippen LogP contribution in [0.3, 0.4) is 0 Å². The standard InChI is InChI=1S/C15H14ClNO2S/c1-2-18-11-4-6-12(7-5-11)19-14-8-3-10(15(17)20)9-13(14)16/h3-9H,2H2,1H3,(H2,17,20). The first kappa shape index (κ1) is 14.6. The first-order valence-corrected chi connectivity index (χ1v) is 6.89. The molecule has 0 radical (unpaired) electrons. The molecule has 0 aliphatic carbocycles. The monoisotopic (exact) mass is 307 g/mol. The summed E-state index contributed by atoms with van der Waals surface area (Å²) >= 11 is 11.0. The van der Waals surface area contributed by atoms with Gasteiger partial charge in [-0.05, 0) is 49.4 Å². The molecule has 5 heteroatoms. The Kier molecular flexibility index (Phi) is 4.82. The molecule has 104 valence electrons. The lowest BCUT2D eigenvalue weighted by Gasteiger charge is -2.09. The molecule has 2 aromatic carbocycles. The molecule has 0 spiro atoms. The maximum atomic E-state index is 6.14. The highest BCUT2D eigenvalue weighted by Gasteiger charge is 2.06. The van der Waals surface area contributed by atoms with Crippen molar-refractivity contribution in [3.05, 3.63) is 53.1 Å². The average Bonchev–Trinajstić information content (AvgIpc) is 2.43. The Bertz CT molecular complexity index is 614. The van der Waals surface area contributed by atoms with Gasteiger partial charge in [-0.3, -0.25) is 0 Å². The first-order valence-electron chi connectivity index (χ1n) is 6.10. The normalized spacial score (nSPS) is 10.1. The van der Waals surface area contributed by atoms with E-state index in [1.54, 1.807) is 18.2 Å². The van der Waals surface area contributed by atoms with Gasteiger partial charge in [0.15, 0.2) is 0 Å². The third-order valence-electron chi connectivity index (χ3n) is 2.58. The van der Waals surface area contributed by atoms with Gasteiger partial charge in [-0.25, -0.2) is 0 Å². The van der Waals surface area contributed by atoms with E-state index in [1.807, 2.05) is 31.2 Å². The minimum atomic E-state index is 0.305. The van der Waals surface area contributed by atoms with Crippen molar-refractivity contribution in [2.45, 2.75) is 6.92 Å². The molecule has 2 aromatic rings. The predicted molar refractivity (Wildman–Crippen MR) is 85.0 cm³/mol. The SMILES string of the molecule is CCOc1ccc(Oc2ccc(C(N)=S)cc2Cl)cc1. The van der Waals surface area contributed by atoms with Gasteiger partial charge in [-0.1, -0.05) is 23.8 Å². The molecule has 0 aliphatic heterocycles. The van der Waals surface area contributed by atoms with Crippen LogP contribution >= 0.6 is 23.8 Å². The number of ether oxygens (including phenoxy) is 2. The van der Waals surface area contributed by atoms with E-state index in [4.69, 9.17) is 39.0 Å². The Labute approximate surface area is 128 Å². The molecule has 0 heterocycles. The largest absolute Gasteiger partial charge is 0.494 e. The highest BCUT2D eigenvalue weighted by Crippen LogP contribution is 2.30. The van der Waals surface area contributed by atoms with Gasteiger partial charge in [0.1, 0.15) is 22.2 Å². The van der Waals surface area contributed by atoms with Crippen molar-refractivity contribution in [2.75, 3.05) is 6.61 Å². The van der Waals surface area contributed by atoms with Gasteiger partial charge in [0.2, 0.25) is 0 Å². The molecule has 20 heavy (non-hydrogen) atoms. The van der Waals surface area contributed by atoms with Crippen molar-refractivity contribution in [3.63, 3.8) is 0 Å². The molecule has 0 atom stereocenters. The Balaban J connectivity index is 2.15. The zero-order chi connectivity index (χ0) is 14.5. The van der Waals surface area contributed by atoms with Gasteiger partial charge in [0.25, 0.3) is 0 Å². The molecular formula is C15H14ClNO2S. The molecular weight excluding hydrogens is 294 g/mol. The minimum absolute atomic E-state index is 0.305. The summed E-state index contributed by atoms with van der Waals surface area (Å²) in [5, 5.41) is 0.462. The first-order chi connectivity index (χ1) is 9.60. The van der Waals surface area contributed by atoms with Gasteiger partial charge < -0.3 is 15.2 Å². The molecule has 2 N–H and O–H groups in total. The van der Waals surface area contributed by atoms with Crippen LogP contribution < -0.4 is 15.2 Å². The van der Waals surface area contributed by atoms with Gasteiger partial charge in [-0.2, -0.15) is 0 Å². The highest BCUT2D eigenvalue weighted by molar-refractivity contribution is 7.80. The fraction of sp³-hybridized carbons (Fsp3) is 0.133. The van der Waals surface area contributed by atoms with E-state index in [0.717, 1.165) is 5.75 Å². The summed E-state index contributed by atoms with van der Waals surface area (Å²) in [5.74, 6) is 2.03. The number of hydrogen-bond donors (Lipinski definition) is 1. The van der Waals surface area contributed by atoms with Crippen LogP contribution in [0.25, 0.3) is 0 Å². The van der Waals surface area contributed by atoms with Gasteiger partial charge in [0, 0.05) is 5.56 Å². The molecule has 3 nitrogen and oxygen atoms in total. The second-order valence-electron chi connectivity index (χ2n) is 4.02. The summed E-state index contributed by atoms with van der Waals surface area (Å²) in [6.45, 7) is 2.57. The fourth-order valence-corrected chi connectivity index (χ4v) is 1.98. The van der Waals surface area contributed by atoms with Crippen molar-refractivity contribution in [1.29, 1.82) is 0 Å². The summed E-state index contributed by atoms with van der Waals surface area (Å²) in [4.78, 5) is 0.305. The fourth-order valence-electron chi connectivity index (χ4n) is 1.63. The van der Waals surface area contributed by atoms with Crippen molar-refractivity contribution in [3.8, 4) is 17.2 Å². The number of rotatable bonds is 5. The molecule has 2 rings (SSSR count). The quantitative estimate of drug-likeness (QED) is 0.842. The summed E-state index contributed by atoms with van der Waals surface area (Å²) < 4.78 is 11.1. The van der Waals surface area contributed by atoms with E-state index < -0.39 is 0 Å². The van der Waals surface area contributed by atoms with E-state index in [0.29, 0.717) is 33.7 Å². The highest BCUT2D eigenvalue weighted by atomic mass is 35.5. The van der Waals surface area contributed by atoms with Crippen LogP contribution in [0.1, 0.15) is 12.5 Å². The zero-order valence-electron chi connectivity index (χ0n) is 10.9. The summed E-state index contributed by atoms with van der Waals surface area (Å²) in [7, 11) is 0. The maximum absolute atomic E-state index is 6.14. The summed E-state index contributed by atoms with van der Waals surface area (Å²) in [6, 6.07) is 12.5. The van der Waals surface area contributed by atoms with Gasteiger partial charge >= 0.3 is 0 Å². The number of halogens is 1. The Hall–Kier alpha value is -1.78. The average molecular weight is 308 g/mol. The van der Waals surface area contributed by atoms with E-state index in [1.165, 1.54) is 0 Å². The molecule has 0 saturated heterocycles. The summed E-state index contributed by atoms with van der Waals surface area (Å²) in [5.41, 5.74) is 6.26. The van der Waals surface area contributed by atoms with Crippen molar-refractivity contribution in [1.82, 2.24) is 0 Å². The predicted octanol–water partition coefficient (Wildman–Crippen LogP) is 4.17. The molecule has 0 amide bonds. The van der Waals surface area contributed by atoms with Crippen molar-refractivity contribution in [2.24, 2.45) is 5.73 Å². The minimum Gasteiger partial charge on any atom is -0.494 e. The number of benzene rings is 2. The second-order valence-corrected chi connectivity index (χ2v) is 4.86. The maximum Gasteiger partial charge on any atom is 0.146 e. The van der Waals surface area contributed by atoms with Gasteiger partial charge in [0.05, 0.1) is 11.6 Å². The van der Waals surface area contributed by atoms with Crippen LogP contribution in [0, 0.1) is 0 Å². The van der Waals surface area contributed by atoms with Crippen LogP contribution in [0.4, 0.5) is 0 Å². The Morgan fingerprint density at radius 1 is 1.15 bits per heavy atom. The van der Waals surface area contributed by atoms with Crippen LogP contribution in [0.5, 0.6) is 17.2 Å². The molecule has 0 aliphatic rings. The van der Waals surface area contributed by atoms with Crippen LogP contribution in [-0.2, 0) is 0 Å². The van der Waals surface area contributed by atoms with Crippen LogP contribution in [0.2, 0.25) is 5.02 Å². The van der Waals surface area contributed by atoms with E-state index in [2.05, 4.69) is 0 Å². The molecule has 0 bridgehead atoms. The Morgan fingerprint density at radius 2 is 1.80 bits per heavy atom.